The summed E-state index contributed by atoms with van der Waals surface area (Å²) in [4.78, 5) is 38.4. The Morgan fingerprint density at radius 3 is 2.33 bits per heavy atom. The first kappa shape index (κ1) is 25.9. The van der Waals surface area contributed by atoms with Crippen molar-refractivity contribution in [2.75, 3.05) is 32.8 Å². The first-order valence-corrected chi connectivity index (χ1v) is 10.9. The molecule has 0 amide bonds. The average molecular weight is 495 g/mol. The minimum Gasteiger partial charge on any atom is -0.490 e. The van der Waals surface area contributed by atoms with Crippen molar-refractivity contribution in [3.8, 4) is 11.6 Å². The molecule has 0 aliphatic rings. The molecule has 1 aromatic heterocycles. The molecule has 1 atom stereocenters. The van der Waals surface area contributed by atoms with Crippen LogP contribution in [0.3, 0.4) is 0 Å². The lowest BCUT2D eigenvalue weighted by molar-refractivity contribution is -0.385. The SMILES string of the molecule is COC(=O)c1ccccc1N[C@@H](Cc1ccc(OCCOc2ccc([N+](=O)[O-])cn2)cc1)C(=O)OC. The number of methoxy groups -OCH3 is 2. The van der Waals surface area contributed by atoms with Gasteiger partial charge in [0, 0.05) is 24.2 Å². The van der Waals surface area contributed by atoms with Crippen molar-refractivity contribution >= 4 is 23.3 Å². The molecule has 0 unspecified atom stereocenters. The third kappa shape index (κ3) is 7.16. The number of nitrogens with zero attached hydrogens (tertiary/aromatic N) is 2. The fourth-order valence-electron chi connectivity index (χ4n) is 3.25. The first-order chi connectivity index (χ1) is 17.4. The Morgan fingerprint density at radius 1 is 0.972 bits per heavy atom. The van der Waals surface area contributed by atoms with Crippen LogP contribution < -0.4 is 14.8 Å². The van der Waals surface area contributed by atoms with Crippen LogP contribution in [0, 0.1) is 10.1 Å². The van der Waals surface area contributed by atoms with Gasteiger partial charge in [0.05, 0.1) is 24.7 Å². The van der Waals surface area contributed by atoms with Gasteiger partial charge < -0.3 is 24.3 Å². The van der Waals surface area contributed by atoms with E-state index in [1.165, 1.54) is 26.4 Å². The summed E-state index contributed by atoms with van der Waals surface area (Å²) in [7, 11) is 2.59. The fraction of sp³-hybridized carbons (Fsp3) is 0.240. The average Bonchev–Trinajstić information content (AvgIpc) is 2.91. The topological polar surface area (TPSA) is 139 Å². The maximum absolute atomic E-state index is 12.4. The number of rotatable bonds is 12. The molecule has 0 saturated heterocycles. The molecule has 36 heavy (non-hydrogen) atoms. The van der Waals surface area contributed by atoms with Gasteiger partial charge in [0.25, 0.3) is 5.69 Å². The summed E-state index contributed by atoms with van der Waals surface area (Å²) in [5.41, 5.74) is 1.49. The van der Waals surface area contributed by atoms with Crippen molar-refractivity contribution in [3.05, 3.63) is 88.1 Å². The summed E-state index contributed by atoms with van der Waals surface area (Å²) in [6.07, 6.45) is 1.43. The van der Waals surface area contributed by atoms with E-state index in [9.17, 15) is 19.7 Å². The second kappa shape index (κ2) is 12.7. The fourth-order valence-corrected chi connectivity index (χ4v) is 3.25. The molecule has 1 heterocycles. The number of ether oxygens (including phenoxy) is 4. The van der Waals surface area contributed by atoms with Gasteiger partial charge in [0.1, 0.15) is 31.2 Å². The summed E-state index contributed by atoms with van der Waals surface area (Å²) < 4.78 is 20.8. The van der Waals surface area contributed by atoms with Crippen LogP contribution in [0.4, 0.5) is 11.4 Å². The van der Waals surface area contributed by atoms with E-state index in [0.717, 1.165) is 11.8 Å². The zero-order chi connectivity index (χ0) is 25.9. The van der Waals surface area contributed by atoms with Gasteiger partial charge in [0.2, 0.25) is 5.88 Å². The zero-order valence-electron chi connectivity index (χ0n) is 19.7. The Labute approximate surface area is 207 Å². The number of hydrogen-bond donors (Lipinski definition) is 1. The number of pyridine rings is 1. The Bertz CT molecular complexity index is 1180. The van der Waals surface area contributed by atoms with Crippen LogP contribution in [0.25, 0.3) is 0 Å². The van der Waals surface area contributed by atoms with E-state index in [-0.39, 0.29) is 24.8 Å². The number of nitrogens with one attached hydrogen (secondary N) is 1. The summed E-state index contributed by atoms with van der Waals surface area (Å²) in [6, 6.07) is 15.9. The number of anilines is 1. The summed E-state index contributed by atoms with van der Waals surface area (Å²) in [5, 5.41) is 13.7. The minimum atomic E-state index is -0.741. The highest BCUT2D eigenvalue weighted by molar-refractivity contribution is 5.96. The van der Waals surface area contributed by atoms with E-state index >= 15 is 0 Å². The number of aromatic nitrogens is 1. The Balaban J connectivity index is 1.55. The second-order valence-electron chi connectivity index (χ2n) is 7.41. The van der Waals surface area contributed by atoms with Gasteiger partial charge >= 0.3 is 11.9 Å². The Morgan fingerprint density at radius 2 is 1.69 bits per heavy atom. The molecule has 0 fully saturated rings. The molecule has 11 nitrogen and oxygen atoms in total. The maximum atomic E-state index is 12.4. The van der Waals surface area contributed by atoms with E-state index in [2.05, 4.69) is 10.3 Å². The molecule has 11 heteroatoms. The second-order valence-corrected chi connectivity index (χ2v) is 7.41. The molecule has 188 valence electrons. The van der Waals surface area contributed by atoms with E-state index in [0.29, 0.717) is 23.4 Å². The van der Waals surface area contributed by atoms with Crippen LogP contribution in [0.15, 0.2) is 66.9 Å². The smallest absolute Gasteiger partial charge is 0.339 e. The lowest BCUT2D eigenvalue weighted by Crippen LogP contribution is -2.33. The highest BCUT2D eigenvalue weighted by Crippen LogP contribution is 2.20. The monoisotopic (exact) mass is 495 g/mol. The van der Waals surface area contributed by atoms with Crippen LogP contribution in [-0.4, -0.2) is 55.3 Å². The number of benzene rings is 2. The van der Waals surface area contributed by atoms with E-state index in [4.69, 9.17) is 18.9 Å². The van der Waals surface area contributed by atoms with Gasteiger partial charge in [-0.05, 0) is 29.8 Å². The predicted octanol–water partition coefficient (Wildman–Crippen LogP) is 3.43. The van der Waals surface area contributed by atoms with Gasteiger partial charge in [-0.25, -0.2) is 14.6 Å². The van der Waals surface area contributed by atoms with Crippen molar-refractivity contribution in [3.63, 3.8) is 0 Å². The molecule has 0 aliphatic carbocycles. The van der Waals surface area contributed by atoms with Crippen molar-refractivity contribution < 1.29 is 33.5 Å². The highest BCUT2D eigenvalue weighted by Gasteiger charge is 2.22. The van der Waals surface area contributed by atoms with Crippen molar-refractivity contribution in [2.24, 2.45) is 0 Å². The summed E-state index contributed by atoms with van der Waals surface area (Å²) in [5.74, 6) is -0.143. The molecule has 1 N–H and O–H groups in total. The van der Waals surface area contributed by atoms with Crippen LogP contribution in [0.5, 0.6) is 11.6 Å². The molecule has 0 saturated carbocycles. The van der Waals surface area contributed by atoms with Crippen LogP contribution in [-0.2, 0) is 20.7 Å². The van der Waals surface area contributed by atoms with Gasteiger partial charge in [-0.2, -0.15) is 0 Å². The lowest BCUT2D eigenvalue weighted by atomic mass is 10.0. The molecule has 0 bridgehead atoms. The highest BCUT2D eigenvalue weighted by atomic mass is 16.6. The molecule has 0 radical (unpaired) electrons. The van der Waals surface area contributed by atoms with Gasteiger partial charge in [0.15, 0.2) is 0 Å². The molecule has 2 aromatic carbocycles. The Kier molecular flexibility index (Phi) is 9.15. The van der Waals surface area contributed by atoms with E-state index in [1.807, 2.05) is 12.1 Å². The normalized spacial score (nSPS) is 11.2. The van der Waals surface area contributed by atoms with Crippen molar-refractivity contribution in [2.45, 2.75) is 12.5 Å². The minimum absolute atomic E-state index is 0.115. The van der Waals surface area contributed by atoms with Crippen LogP contribution >= 0.6 is 0 Å². The lowest BCUT2D eigenvalue weighted by Gasteiger charge is -2.19. The van der Waals surface area contributed by atoms with Gasteiger partial charge in [-0.15, -0.1) is 0 Å². The number of nitro groups is 1. The van der Waals surface area contributed by atoms with Crippen LogP contribution in [0.2, 0.25) is 0 Å². The standard InChI is InChI=1S/C25H25N3O8/c1-33-24(29)20-5-3-4-6-21(20)27-22(25(30)34-2)15-17-7-10-19(11-8-17)35-13-14-36-23-12-9-18(16-26-23)28(31)32/h3-12,16,22,27H,13-15H2,1-2H3/t22-/m0/s1. The number of hydrogen-bond acceptors (Lipinski definition) is 10. The van der Waals surface area contributed by atoms with E-state index < -0.39 is 22.9 Å². The zero-order valence-corrected chi connectivity index (χ0v) is 19.7. The molecule has 3 aromatic rings. The third-order valence-electron chi connectivity index (χ3n) is 5.04. The molecule has 0 spiro atoms. The number of carbonyl (C=O) groups excluding carboxylic acids is 2. The molecular formula is C25H25N3O8. The molecule has 0 aliphatic heterocycles. The largest absolute Gasteiger partial charge is 0.490 e. The molecule has 3 rings (SSSR count). The number of esters is 2. The maximum Gasteiger partial charge on any atom is 0.339 e. The quantitative estimate of drug-likeness (QED) is 0.172. The summed E-state index contributed by atoms with van der Waals surface area (Å²) >= 11 is 0. The first-order valence-electron chi connectivity index (χ1n) is 10.9. The van der Waals surface area contributed by atoms with Crippen molar-refractivity contribution in [1.82, 2.24) is 4.98 Å². The summed E-state index contributed by atoms with van der Waals surface area (Å²) in [6.45, 7) is 0.426. The number of carbonyl (C=O) groups is 2. The predicted molar refractivity (Wildman–Crippen MR) is 129 cm³/mol. The van der Waals surface area contributed by atoms with Crippen LogP contribution in [0.1, 0.15) is 15.9 Å². The van der Waals surface area contributed by atoms with Gasteiger partial charge in [-0.3, -0.25) is 10.1 Å². The number of para-hydroxylation sites is 1. The third-order valence-corrected chi connectivity index (χ3v) is 5.04. The molecular weight excluding hydrogens is 470 g/mol. The Hall–Kier alpha value is -4.67. The van der Waals surface area contributed by atoms with Gasteiger partial charge in [-0.1, -0.05) is 24.3 Å². The van der Waals surface area contributed by atoms with Crippen molar-refractivity contribution in [1.29, 1.82) is 0 Å². The van der Waals surface area contributed by atoms with E-state index in [1.54, 1.807) is 36.4 Å².